The van der Waals surface area contributed by atoms with Crippen LogP contribution in [0.2, 0.25) is 0 Å². The predicted octanol–water partition coefficient (Wildman–Crippen LogP) is 2.38. The molecule has 20 heavy (non-hydrogen) atoms. The zero-order valence-corrected chi connectivity index (χ0v) is 11.5. The summed E-state index contributed by atoms with van der Waals surface area (Å²) in [4.78, 5) is 12.0. The van der Waals surface area contributed by atoms with E-state index in [-0.39, 0.29) is 30.5 Å². The standard InChI is InChI=1S/C15H18O5/c1-3-9(2)12-13(17)10-5-4-6-11(19-8-7-16)14(10)20-15(12)18/h4-6,9,16-17H,3,7-8H2,1-2H3. The van der Waals surface area contributed by atoms with Gasteiger partial charge in [0.05, 0.1) is 17.6 Å². The van der Waals surface area contributed by atoms with Crippen LogP contribution >= 0.6 is 0 Å². The average Bonchev–Trinajstić information content (AvgIpc) is 2.45. The van der Waals surface area contributed by atoms with Crippen LogP contribution in [0.5, 0.6) is 11.5 Å². The molecule has 0 spiro atoms. The zero-order valence-electron chi connectivity index (χ0n) is 11.5. The van der Waals surface area contributed by atoms with E-state index in [2.05, 4.69) is 0 Å². The number of hydrogen-bond acceptors (Lipinski definition) is 5. The number of aliphatic hydroxyl groups is 1. The maximum absolute atomic E-state index is 12.0. The Kier molecular flexibility index (Phi) is 4.29. The fourth-order valence-electron chi connectivity index (χ4n) is 2.10. The monoisotopic (exact) mass is 278 g/mol. The van der Waals surface area contributed by atoms with E-state index in [0.717, 1.165) is 6.42 Å². The summed E-state index contributed by atoms with van der Waals surface area (Å²) in [5.41, 5.74) is -0.0563. The van der Waals surface area contributed by atoms with Gasteiger partial charge in [0.2, 0.25) is 0 Å². The van der Waals surface area contributed by atoms with Gasteiger partial charge >= 0.3 is 5.63 Å². The third-order valence-corrected chi connectivity index (χ3v) is 3.36. The molecule has 0 radical (unpaired) electrons. The third kappa shape index (κ3) is 2.49. The van der Waals surface area contributed by atoms with E-state index < -0.39 is 5.63 Å². The second-order valence-corrected chi connectivity index (χ2v) is 4.67. The normalized spacial score (nSPS) is 12.6. The molecule has 0 saturated carbocycles. The Morgan fingerprint density at radius 2 is 2.15 bits per heavy atom. The highest BCUT2D eigenvalue weighted by Gasteiger charge is 2.20. The molecule has 108 valence electrons. The van der Waals surface area contributed by atoms with Gasteiger partial charge in [0, 0.05) is 0 Å². The van der Waals surface area contributed by atoms with E-state index in [1.807, 2.05) is 13.8 Å². The van der Waals surface area contributed by atoms with Gasteiger partial charge in [0.25, 0.3) is 0 Å². The number of aliphatic hydroxyl groups excluding tert-OH is 1. The molecule has 1 unspecified atom stereocenters. The lowest BCUT2D eigenvalue weighted by atomic mass is 9.98. The van der Waals surface area contributed by atoms with Crippen molar-refractivity contribution < 1.29 is 19.4 Å². The van der Waals surface area contributed by atoms with Gasteiger partial charge in [0.15, 0.2) is 11.3 Å². The van der Waals surface area contributed by atoms with Gasteiger partial charge in [-0.1, -0.05) is 19.9 Å². The largest absolute Gasteiger partial charge is 0.507 e. The van der Waals surface area contributed by atoms with Crippen molar-refractivity contribution in [1.82, 2.24) is 0 Å². The number of aromatic hydroxyl groups is 1. The van der Waals surface area contributed by atoms with E-state index in [1.165, 1.54) is 0 Å². The molecular weight excluding hydrogens is 260 g/mol. The summed E-state index contributed by atoms with van der Waals surface area (Å²) in [6.45, 7) is 3.76. The first-order valence-corrected chi connectivity index (χ1v) is 6.62. The van der Waals surface area contributed by atoms with Crippen molar-refractivity contribution in [2.24, 2.45) is 0 Å². The lowest BCUT2D eigenvalue weighted by molar-refractivity contribution is 0.201. The van der Waals surface area contributed by atoms with Crippen LogP contribution in [-0.2, 0) is 0 Å². The molecule has 0 bridgehead atoms. The summed E-state index contributed by atoms with van der Waals surface area (Å²) in [7, 11) is 0. The predicted molar refractivity (Wildman–Crippen MR) is 75.4 cm³/mol. The average molecular weight is 278 g/mol. The van der Waals surface area contributed by atoms with Crippen LogP contribution in [0.15, 0.2) is 27.4 Å². The third-order valence-electron chi connectivity index (χ3n) is 3.36. The van der Waals surface area contributed by atoms with Crippen molar-refractivity contribution in [1.29, 1.82) is 0 Å². The zero-order chi connectivity index (χ0) is 14.7. The molecule has 5 heteroatoms. The van der Waals surface area contributed by atoms with Gasteiger partial charge in [-0.2, -0.15) is 0 Å². The van der Waals surface area contributed by atoms with Crippen LogP contribution in [0.25, 0.3) is 11.0 Å². The number of para-hydroxylation sites is 1. The Hall–Kier alpha value is -2.01. The van der Waals surface area contributed by atoms with Crippen LogP contribution < -0.4 is 10.4 Å². The fourth-order valence-corrected chi connectivity index (χ4v) is 2.10. The van der Waals surface area contributed by atoms with Crippen molar-refractivity contribution in [3.05, 3.63) is 34.2 Å². The van der Waals surface area contributed by atoms with Gasteiger partial charge < -0.3 is 19.4 Å². The molecule has 2 rings (SSSR count). The van der Waals surface area contributed by atoms with Gasteiger partial charge in [-0.25, -0.2) is 4.79 Å². The topological polar surface area (TPSA) is 79.9 Å². The maximum Gasteiger partial charge on any atom is 0.343 e. The van der Waals surface area contributed by atoms with Crippen molar-refractivity contribution in [3.63, 3.8) is 0 Å². The first-order valence-electron chi connectivity index (χ1n) is 6.62. The SMILES string of the molecule is CCC(C)c1c(O)c2cccc(OCCO)c2oc1=O. The fraction of sp³-hybridized carbons (Fsp3) is 0.400. The minimum absolute atomic E-state index is 0.0555. The number of hydrogen-bond donors (Lipinski definition) is 2. The molecule has 0 amide bonds. The first-order chi connectivity index (χ1) is 9.60. The number of ether oxygens (including phenoxy) is 1. The molecular formula is C15H18O5. The van der Waals surface area contributed by atoms with E-state index in [9.17, 15) is 9.90 Å². The number of fused-ring (bicyclic) bond motifs is 1. The number of benzene rings is 1. The molecule has 2 N–H and O–H groups in total. The molecule has 0 fully saturated rings. The summed E-state index contributed by atoms with van der Waals surface area (Å²) >= 11 is 0. The second kappa shape index (κ2) is 5.96. The molecule has 0 aliphatic rings. The summed E-state index contributed by atoms with van der Waals surface area (Å²) in [6, 6.07) is 5.00. The smallest absolute Gasteiger partial charge is 0.343 e. The van der Waals surface area contributed by atoms with Crippen molar-refractivity contribution in [3.8, 4) is 11.5 Å². The van der Waals surface area contributed by atoms with Crippen LogP contribution in [-0.4, -0.2) is 23.4 Å². The van der Waals surface area contributed by atoms with E-state index in [0.29, 0.717) is 16.7 Å². The van der Waals surface area contributed by atoms with E-state index in [1.54, 1.807) is 18.2 Å². The molecule has 0 saturated heterocycles. The van der Waals surface area contributed by atoms with E-state index >= 15 is 0 Å². The van der Waals surface area contributed by atoms with Crippen LogP contribution in [0.1, 0.15) is 31.7 Å². The summed E-state index contributed by atoms with van der Waals surface area (Å²) in [5.74, 6) is 0.192. The van der Waals surface area contributed by atoms with Gasteiger partial charge in [0.1, 0.15) is 12.4 Å². The number of rotatable bonds is 5. The summed E-state index contributed by atoms with van der Waals surface area (Å²) in [5, 5.41) is 19.5. The van der Waals surface area contributed by atoms with Crippen LogP contribution in [0, 0.1) is 0 Å². The second-order valence-electron chi connectivity index (χ2n) is 4.67. The highest BCUT2D eigenvalue weighted by Crippen LogP contribution is 2.35. The van der Waals surface area contributed by atoms with Crippen molar-refractivity contribution in [2.45, 2.75) is 26.2 Å². The maximum atomic E-state index is 12.0. The minimum Gasteiger partial charge on any atom is -0.507 e. The lowest BCUT2D eigenvalue weighted by Crippen LogP contribution is -2.11. The highest BCUT2D eigenvalue weighted by atomic mass is 16.5. The Morgan fingerprint density at radius 3 is 2.80 bits per heavy atom. The Balaban J connectivity index is 2.66. The Morgan fingerprint density at radius 1 is 1.40 bits per heavy atom. The Labute approximate surface area is 116 Å². The highest BCUT2D eigenvalue weighted by molar-refractivity contribution is 5.88. The summed E-state index contributed by atoms with van der Waals surface area (Å²) in [6.07, 6.45) is 0.727. The lowest BCUT2D eigenvalue weighted by Gasteiger charge is -2.13. The Bertz CT molecular complexity index is 659. The van der Waals surface area contributed by atoms with Gasteiger partial charge in [-0.3, -0.25) is 0 Å². The summed E-state index contributed by atoms with van der Waals surface area (Å²) < 4.78 is 10.6. The van der Waals surface area contributed by atoms with Crippen LogP contribution in [0.4, 0.5) is 0 Å². The molecule has 0 aliphatic carbocycles. The van der Waals surface area contributed by atoms with Crippen LogP contribution in [0.3, 0.4) is 0 Å². The molecule has 1 heterocycles. The quantitative estimate of drug-likeness (QED) is 0.821. The molecule has 1 aromatic heterocycles. The van der Waals surface area contributed by atoms with Crippen molar-refractivity contribution >= 4 is 11.0 Å². The molecule has 1 atom stereocenters. The first kappa shape index (κ1) is 14.4. The van der Waals surface area contributed by atoms with Crippen molar-refractivity contribution in [2.75, 3.05) is 13.2 Å². The molecule has 0 aliphatic heterocycles. The molecule has 5 nitrogen and oxygen atoms in total. The van der Waals surface area contributed by atoms with Gasteiger partial charge in [-0.15, -0.1) is 0 Å². The molecule has 2 aromatic rings. The molecule has 1 aromatic carbocycles. The van der Waals surface area contributed by atoms with Gasteiger partial charge in [-0.05, 0) is 24.5 Å². The minimum atomic E-state index is -0.551. The van der Waals surface area contributed by atoms with E-state index in [4.69, 9.17) is 14.3 Å².